The summed E-state index contributed by atoms with van der Waals surface area (Å²) in [4.78, 5) is 41.5. The van der Waals surface area contributed by atoms with Crippen LogP contribution in [-0.4, -0.2) is 147 Å². The Bertz CT molecular complexity index is 1710. The van der Waals surface area contributed by atoms with Gasteiger partial charge >= 0.3 is 5.97 Å². The average Bonchev–Trinajstić information content (AvgIpc) is 3.73. The van der Waals surface area contributed by atoms with Crippen molar-refractivity contribution in [2.24, 2.45) is 11.8 Å². The number of ether oxygens (including phenoxy) is 5. The summed E-state index contributed by atoms with van der Waals surface area (Å²) in [5, 5.41) is 40.5. The number of imide groups is 1. The van der Waals surface area contributed by atoms with Crippen LogP contribution in [0, 0.1) is 11.8 Å². The number of rotatable bonds is 12. The zero-order valence-corrected chi connectivity index (χ0v) is 33.5. The fraction of sp³-hybridized carbons (Fsp3) is 0.585. The molecule has 1 aromatic heterocycles. The van der Waals surface area contributed by atoms with Crippen molar-refractivity contribution >= 4 is 17.8 Å². The molecule has 2 amide bonds. The van der Waals surface area contributed by atoms with Gasteiger partial charge in [-0.05, 0) is 70.8 Å². The zero-order chi connectivity index (χ0) is 41.2. The number of aliphatic hydroxyl groups is 3. The number of nitrogens with zero attached hydrogens (tertiary/aromatic N) is 5. The van der Waals surface area contributed by atoms with Gasteiger partial charge in [0.15, 0.2) is 6.29 Å². The van der Waals surface area contributed by atoms with Crippen LogP contribution in [0.2, 0.25) is 0 Å². The summed E-state index contributed by atoms with van der Waals surface area (Å²) in [5.74, 6) is -1.56. The van der Waals surface area contributed by atoms with Crippen LogP contribution in [-0.2, 0) is 41.6 Å². The molecule has 4 heterocycles. The number of allylic oxidation sites excluding steroid dienone is 3. The number of amides is 2. The first-order valence-corrected chi connectivity index (χ1v) is 19.5. The summed E-state index contributed by atoms with van der Waals surface area (Å²) in [7, 11) is 5.01. The highest BCUT2D eigenvalue weighted by atomic mass is 16.7. The van der Waals surface area contributed by atoms with Crippen LogP contribution in [0.3, 0.4) is 0 Å². The van der Waals surface area contributed by atoms with Gasteiger partial charge in [0.1, 0.15) is 24.0 Å². The van der Waals surface area contributed by atoms with Gasteiger partial charge in [0.25, 0.3) is 11.8 Å². The van der Waals surface area contributed by atoms with E-state index >= 15 is 0 Å². The fourth-order valence-electron chi connectivity index (χ4n) is 7.59. The van der Waals surface area contributed by atoms with Gasteiger partial charge in [-0.3, -0.25) is 19.2 Å². The van der Waals surface area contributed by atoms with Crippen molar-refractivity contribution in [1.29, 1.82) is 0 Å². The summed E-state index contributed by atoms with van der Waals surface area (Å²) >= 11 is 0. The van der Waals surface area contributed by atoms with Gasteiger partial charge in [0.05, 0.1) is 60.9 Å². The number of esters is 1. The van der Waals surface area contributed by atoms with Crippen LogP contribution < -0.4 is 0 Å². The first-order chi connectivity index (χ1) is 27.3. The lowest BCUT2D eigenvalue weighted by molar-refractivity contribution is -0.304. The number of carbonyl (C=O) groups is 3. The maximum atomic E-state index is 13.1. The summed E-state index contributed by atoms with van der Waals surface area (Å²) in [6, 6.07) is 6.09. The van der Waals surface area contributed by atoms with Crippen molar-refractivity contribution in [2.75, 3.05) is 34.4 Å². The molecule has 0 radical (unpaired) electrons. The minimum Gasteiger partial charge on any atom is -0.459 e. The molecule has 5 rings (SSSR count). The Hall–Kier alpha value is -4.13. The molecule has 11 atom stereocenters. The van der Waals surface area contributed by atoms with Crippen LogP contribution >= 0.6 is 0 Å². The maximum Gasteiger partial charge on any atom is 0.330 e. The molecule has 3 N–H and O–H groups in total. The minimum atomic E-state index is -1.20. The molecule has 0 spiro atoms. The van der Waals surface area contributed by atoms with E-state index in [1.54, 1.807) is 74.1 Å². The number of hydrogen-bond donors (Lipinski definition) is 3. The molecule has 3 aliphatic rings. The number of cyclic esters (lactones) is 1. The van der Waals surface area contributed by atoms with Crippen LogP contribution in [0.4, 0.5) is 0 Å². The van der Waals surface area contributed by atoms with E-state index in [2.05, 4.69) is 10.3 Å². The molecule has 1 aromatic carbocycles. The van der Waals surface area contributed by atoms with Crippen molar-refractivity contribution in [3.63, 3.8) is 0 Å². The third kappa shape index (κ3) is 11.3. The highest BCUT2D eigenvalue weighted by molar-refractivity contribution is 6.21. The van der Waals surface area contributed by atoms with Crippen molar-refractivity contribution in [3.8, 4) is 0 Å². The first kappa shape index (κ1) is 44.0. The number of likely N-dealkylation sites (N-methyl/N-ethyl adjacent to an activating group) is 1. The van der Waals surface area contributed by atoms with E-state index in [-0.39, 0.29) is 50.0 Å². The monoisotopic (exact) mass is 795 g/mol. The van der Waals surface area contributed by atoms with E-state index in [1.165, 1.54) is 18.1 Å². The van der Waals surface area contributed by atoms with E-state index in [4.69, 9.17) is 23.7 Å². The van der Waals surface area contributed by atoms with Gasteiger partial charge in [-0.15, -0.1) is 5.10 Å². The molecule has 0 aliphatic carbocycles. The standard InChI is InChI=1S/C41H57N5O11/c1-25-11-7-8-12-30(54-24-29-23-45(43-42-29)18-19-46-39(51)31-13-9-10-14-32(31)40(46)52)22-26(2)55-34(48)16-15-33(53-6)38(28(21-25)17-20-47)57-41-37(50)35(44(4)5)36(49)27(3)56-41/h7-16,23,25-28,30,33,35-38,41,47,49-50H,17-22,24H2,1-6H3/b11-7+,12-8+,16-15+/t25-,26-,27-,28?,30-,33+,35+,36-,37-,38+,41+/m1/s1. The Kier molecular flexibility index (Phi) is 15.8. The van der Waals surface area contributed by atoms with Crippen LogP contribution in [0.5, 0.6) is 0 Å². The van der Waals surface area contributed by atoms with Gasteiger partial charge in [-0.1, -0.05) is 48.6 Å². The molecule has 16 nitrogen and oxygen atoms in total. The Morgan fingerprint density at radius 2 is 1.65 bits per heavy atom. The van der Waals surface area contributed by atoms with Gasteiger partial charge in [0, 0.05) is 32.8 Å². The van der Waals surface area contributed by atoms with E-state index in [1.807, 2.05) is 31.2 Å². The Morgan fingerprint density at radius 1 is 0.947 bits per heavy atom. The van der Waals surface area contributed by atoms with Gasteiger partial charge in [-0.25, -0.2) is 4.79 Å². The zero-order valence-electron chi connectivity index (χ0n) is 33.5. The number of aliphatic hydroxyl groups excluding tert-OH is 3. The van der Waals surface area contributed by atoms with Crippen molar-refractivity contribution < 1.29 is 53.4 Å². The van der Waals surface area contributed by atoms with Gasteiger partial charge < -0.3 is 43.9 Å². The molecule has 0 bridgehead atoms. The molecular weight excluding hydrogens is 738 g/mol. The van der Waals surface area contributed by atoms with Gasteiger partial charge in [0.2, 0.25) is 0 Å². The highest BCUT2D eigenvalue weighted by Gasteiger charge is 2.46. The Labute approximate surface area is 333 Å². The molecule has 1 saturated heterocycles. The number of carbonyl (C=O) groups excluding carboxylic acids is 3. The second-order valence-electron chi connectivity index (χ2n) is 15.2. The summed E-state index contributed by atoms with van der Waals surface area (Å²) in [5.41, 5.74) is 1.33. The summed E-state index contributed by atoms with van der Waals surface area (Å²) in [6.07, 6.45) is 6.99. The smallest absolute Gasteiger partial charge is 0.330 e. The molecule has 0 saturated carbocycles. The number of aromatic nitrogens is 3. The van der Waals surface area contributed by atoms with E-state index < -0.39 is 61.0 Å². The van der Waals surface area contributed by atoms with Crippen molar-refractivity contribution in [2.45, 2.75) is 108 Å². The summed E-state index contributed by atoms with van der Waals surface area (Å²) < 4.78 is 31.8. The number of hydrogen-bond acceptors (Lipinski definition) is 14. The molecule has 57 heavy (non-hydrogen) atoms. The topological polar surface area (TPSA) is 195 Å². The van der Waals surface area contributed by atoms with Gasteiger partial charge in [-0.2, -0.15) is 0 Å². The van der Waals surface area contributed by atoms with E-state index in [0.717, 1.165) is 0 Å². The number of benzene rings is 1. The lowest BCUT2D eigenvalue weighted by Crippen LogP contribution is -2.63. The van der Waals surface area contributed by atoms with Crippen LogP contribution in [0.1, 0.15) is 66.4 Å². The van der Waals surface area contributed by atoms with Crippen LogP contribution in [0.25, 0.3) is 0 Å². The average molecular weight is 796 g/mol. The lowest BCUT2D eigenvalue weighted by Gasteiger charge is -2.46. The fourth-order valence-corrected chi connectivity index (χ4v) is 7.59. The number of fused-ring (bicyclic) bond motifs is 1. The highest BCUT2D eigenvalue weighted by Crippen LogP contribution is 2.32. The predicted octanol–water partition coefficient (Wildman–Crippen LogP) is 2.29. The second-order valence-corrected chi connectivity index (χ2v) is 15.2. The Balaban J connectivity index is 1.26. The Morgan fingerprint density at radius 3 is 2.32 bits per heavy atom. The predicted molar refractivity (Wildman–Crippen MR) is 206 cm³/mol. The normalized spacial score (nSPS) is 33.3. The quantitative estimate of drug-likeness (QED) is 0.209. The SMILES string of the molecule is CO[C@H]1/C=C/C(=O)O[C@H](C)C[C@H](OCc2cn(CCN3C(=O)c4ccccc4C3=O)nn2)/C=C/C=C/[C@@H](C)CC(CCO)[C@@H]1O[C@@H]1O[C@H](C)[C@@H](O)[C@H](N(C)C)[C@H]1O. The maximum absolute atomic E-state index is 13.1. The number of methoxy groups -OCH3 is 1. The first-order valence-electron chi connectivity index (χ1n) is 19.5. The minimum absolute atomic E-state index is 0.0118. The van der Waals surface area contributed by atoms with Crippen molar-refractivity contribution in [3.05, 3.63) is 83.7 Å². The molecule has 2 aromatic rings. The third-order valence-electron chi connectivity index (χ3n) is 10.6. The van der Waals surface area contributed by atoms with E-state index in [0.29, 0.717) is 36.1 Å². The molecule has 1 fully saturated rings. The lowest BCUT2D eigenvalue weighted by atomic mass is 9.85. The van der Waals surface area contributed by atoms with E-state index in [9.17, 15) is 29.7 Å². The largest absolute Gasteiger partial charge is 0.459 e. The van der Waals surface area contributed by atoms with Crippen LogP contribution in [0.15, 0.2) is 66.9 Å². The molecule has 312 valence electrons. The molecular formula is C41H57N5O11. The molecule has 16 heteroatoms. The molecule has 3 aliphatic heterocycles. The second kappa shape index (κ2) is 20.5. The van der Waals surface area contributed by atoms with Crippen molar-refractivity contribution in [1.82, 2.24) is 24.8 Å². The third-order valence-corrected chi connectivity index (χ3v) is 10.6. The summed E-state index contributed by atoms with van der Waals surface area (Å²) in [6.45, 7) is 5.90. The molecule has 1 unspecified atom stereocenters.